The molecule has 2 aromatic carbocycles. The number of carbonyl (C=O) groups excluding carboxylic acids is 1. The molecule has 0 unspecified atom stereocenters. The molecular formula is C22H20Cl3N3O3S2. The summed E-state index contributed by atoms with van der Waals surface area (Å²) in [5.74, 6) is -0.648. The summed E-state index contributed by atoms with van der Waals surface area (Å²) in [5.41, 5.74) is 0.712. The molecule has 174 valence electrons. The standard InChI is InChI=1S/C22H20Cl3N3O3S2/c1-2-11-28-19-17(24)7-8-18(25)20(19)32-22(28)26-21(29)14-9-12-27(13-10-14)33(30,31)16-5-3-15(23)4-6-16/h2-8,14H,1,9-13H2. The number of rotatable bonds is 5. The van der Waals surface area contributed by atoms with Crippen molar-refractivity contribution < 1.29 is 13.2 Å². The van der Waals surface area contributed by atoms with Crippen LogP contribution in [0.5, 0.6) is 0 Å². The summed E-state index contributed by atoms with van der Waals surface area (Å²) < 4.78 is 29.7. The predicted molar refractivity (Wildman–Crippen MR) is 134 cm³/mol. The fourth-order valence-electron chi connectivity index (χ4n) is 3.78. The normalized spacial score (nSPS) is 16.4. The van der Waals surface area contributed by atoms with Crippen molar-refractivity contribution in [1.29, 1.82) is 0 Å². The van der Waals surface area contributed by atoms with Gasteiger partial charge in [0.25, 0.3) is 5.91 Å². The van der Waals surface area contributed by atoms with Crippen molar-refractivity contribution in [3.05, 3.63) is 68.9 Å². The molecule has 1 aromatic heterocycles. The van der Waals surface area contributed by atoms with Gasteiger partial charge in [-0.3, -0.25) is 4.79 Å². The number of allylic oxidation sites excluding steroid dienone is 1. The Kier molecular flexibility index (Phi) is 7.33. The minimum absolute atomic E-state index is 0.186. The molecule has 0 bridgehead atoms. The lowest BCUT2D eigenvalue weighted by molar-refractivity contribution is -0.122. The molecule has 4 rings (SSSR count). The van der Waals surface area contributed by atoms with E-state index in [1.165, 1.54) is 27.8 Å². The van der Waals surface area contributed by atoms with E-state index in [2.05, 4.69) is 11.6 Å². The monoisotopic (exact) mass is 543 g/mol. The average molecular weight is 545 g/mol. The molecule has 33 heavy (non-hydrogen) atoms. The maximum Gasteiger partial charge on any atom is 0.251 e. The predicted octanol–water partition coefficient (Wildman–Crippen LogP) is 5.38. The van der Waals surface area contributed by atoms with Crippen molar-refractivity contribution in [3.63, 3.8) is 0 Å². The van der Waals surface area contributed by atoms with Gasteiger partial charge in [-0.15, -0.1) is 6.58 Å². The number of benzene rings is 2. The maximum atomic E-state index is 13.0. The zero-order valence-electron chi connectivity index (χ0n) is 17.4. The highest BCUT2D eigenvalue weighted by Gasteiger charge is 2.32. The first-order valence-electron chi connectivity index (χ1n) is 10.1. The quantitative estimate of drug-likeness (QED) is 0.405. The van der Waals surface area contributed by atoms with E-state index in [9.17, 15) is 13.2 Å². The molecule has 2 heterocycles. The highest BCUT2D eigenvalue weighted by molar-refractivity contribution is 7.89. The summed E-state index contributed by atoms with van der Waals surface area (Å²) in [6.07, 6.45) is 2.49. The first kappa shape index (κ1) is 24.4. The van der Waals surface area contributed by atoms with Crippen LogP contribution < -0.4 is 4.80 Å². The van der Waals surface area contributed by atoms with Gasteiger partial charge in [-0.1, -0.05) is 52.2 Å². The van der Waals surface area contributed by atoms with Crippen molar-refractivity contribution in [2.45, 2.75) is 24.3 Å². The van der Waals surface area contributed by atoms with Crippen LogP contribution >= 0.6 is 46.1 Å². The van der Waals surface area contributed by atoms with E-state index in [0.717, 1.165) is 4.70 Å². The van der Waals surface area contributed by atoms with Crippen molar-refractivity contribution in [2.24, 2.45) is 10.9 Å². The van der Waals surface area contributed by atoms with Crippen LogP contribution in [0.2, 0.25) is 15.1 Å². The number of hydrogen-bond acceptors (Lipinski definition) is 4. The third-order valence-electron chi connectivity index (χ3n) is 5.50. The van der Waals surface area contributed by atoms with Gasteiger partial charge in [0.2, 0.25) is 10.0 Å². The van der Waals surface area contributed by atoms with Crippen LogP contribution in [0.1, 0.15) is 12.8 Å². The number of halogens is 3. The Balaban J connectivity index is 1.56. The first-order valence-corrected chi connectivity index (χ1v) is 13.5. The van der Waals surface area contributed by atoms with E-state index in [4.69, 9.17) is 34.8 Å². The van der Waals surface area contributed by atoms with Crippen LogP contribution in [-0.4, -0.2) is 36.3 Å². The Bertz CT molecular complexity index is 1390. The third kappa shape index (κ3) is 4.92. The highest BCUT2D eigenvalue weighted by Crippen LogP contribution is 2.32. The number of fused-ring (bicyclic) bond motifs is 1. The van der Waals surface area contributed by atoms with Crippen LogP contribution in [0.3, 0.4) is 0 Å². The molecule has 0 N–H and O–H groups in total. The second-order valence-electron chi connectivity index (χ2n) is 7.57. The van der Waals surface area contributed by atoms with Crippen molar-refractivity contribution in [3.8, 4) is 0 Å². The molecule has 1 amide bonds. The zero-order chi connectivity index (χ0) is 23.8. The summed E-state index contributed by atoms with van der Waals surface area (Å²) in [6, 6.07) is 9.49. The molecule has 1 aliphatic heterocycles. The van der Waals surface area contributed by atoms with E-state index in [1.807, 2.05) is 4.57 Å². The number of hydrogen-bond donors (Lipinski definition) is 0. The number of aromatic nitrogens is 1. The van der Waals surface area contributed by atoms with Gasteiger partial charge in [0.05, 0.1) is 25.2 Å². The molecule has 0 atom stereocenters. The summed E-state index contributed by atoms with van der Waals surface area (Å²) >= 11 is 19.9. The zero-order valence-corrected chi connectivity index (χ0v) is 21.3. The van der Waals surface area contributed by atoms with Gasteiger partial charge in [-0.05, 0) is 49.2 Å². The third-order valence-corrected chi connectivity index (χ3v) is 9.51. The second-order valence-corrected chi connectivity index (χ2v) is 11.7. The summed E-state index contributed by atoms with van der Waals surface area (Å²) in [5, 5.41) is 1.52. The van der Waals surface area contributed by atoms with Gasteiger partial charge in [-0.25, -0.2) is 8.42 Å². The van der Waals surface area contributed by atoms with Crippen molar-refractivity contribution >= 4 is 72.3 Å². The number of thiazole rings is 1. The van der Waals surface area contributed by atoms with Crippen LogP contribution in [0.15, 0.2) is 58.9 Å². The summed E-state index contributed by atoms with van der Waals surface area (Å²) in [7, 11) is -3.64. The molecule has 0 saturated carbocycles. The van der Waals surface area contributed by atoms with Gasteiger partial charge in [0.15, 0.2) is 4.80 Å². The van der Waals surface area contributed by atoms with Gasteiger partial charge >= 0.3 is 0 Å². The molecule has 0 radical (unpaired) electrons. The lowest BCUT2D eigenvalue weighted by Crippen LogP contribution is -2.40. The van der Waals surface area contributed by atoms with E-state index < -0.39 is 10.0 Å². The Morgan fingerprint density at radius 2 is 1.73 bits per heavy atom. The van der Waals surface area contributed by atoms with E-state index in [-0.39, 0.29) is 29.8 Å². The largest absolute Gasteiger partial charge is 0.311 e. The van der Waals surface area contributed by atoms with Crippen LogP contribution in [-0.2, 0) is 21.4 Å². The Morgan fingerprint density at radius 1 is 1.09 bits per heavy atom. The van der Waals surface area contributed by atoms with Gasteiger partial charge in [0, 0.05) is 30.6 Å². The smallest absolute Gasteiger partial charge is 0.251 e. The SMILES string of the molecule is C=CCn1c(=NC(=O)C2CCN(S(=O)(=O)c3ccc(Cl)cc3)CC2)sc2c(Cl)ccc(Cl)c21. The number of amides is 1. The molecule has 6 nitrogen and oxygen atoms in total. The Labute approximate surface area is 210 Å². The van der Waals surface area contributed by atoms with Gasteiger partial charge < -0.3 is 4.57 Å². The summed E-state index contributed by atoms with van der Waals surface area (Å²) in [4.78, 5) is 18.0. The molecule has 3 aromatic rings. The average Bonchev–Trinajstić information content (AvgIpc) is 3.16. The number of sulfonamides is 1. The minimum atomic E-state index is -3.64. The Hall–Kier alpha value is -1.68. The molecule has 1 aliphatic rings. The lowest BCUT2D eigenvalue weighted by atomic mass is 9.98. The molecule has 0 aliphatic carbocycles. The highest BCUT2D eigenvalue weighted by atomic mass is 35.5. The number of nitrogens with zero attached hydrogens (tertiary/aromatic N) is 3. The minimum Gasteiger partial charge on any atom is -0.311 e. The van der Waals surface area contributed by atoms with Crippen LogP contribution in [0.25, 0.3) is 10.2 Å². The van der Waals surface area contributed by atoms with Crippen molar-refractivity contribution in [2.75, 3.05) is 13.1 Å². The van der Waals surface area contributed by atoms with E-state index >= 15 is 0 Å². The molecular weight excluding hydrogens is 525 g/mol. The van der Waals surface area contributed by atoms with Gasteiger partial charge in [0.1, 0.15) is 0 Å². The fraction of sp³-hybridized carbons (Fsp3) is 0.273. The lowest BCUT2D eigenvalue weighted by Gasteiger charge is -2.29. The van der Waals surface area contributed by atoms with Crippen LogP contribution in [0.4, 0.5) is 0 Å². The molecule has 1 fully saturated rings. The number of piperidine rings is 1. The van der Waals surface area contributed by atoms with Crippen molar-refractivity contribution in [1.82, 2.24) is 8.87 Å². The van der Waals surface area contributed by atoms with E-state index in [0.29, 0.717) is 44.8 Å². The molecule has 1 saturated heterocycles. The Morgan fingerprint density at radius 3 is 2.36 bits per heavy atom. The van der Waals surface area contributed by atoms with Gasteiger partial charge in [-0.2, -0.15) is 9.30 Å². The fourth-order valence-corrected chi connectivity index (χ4v) is 7.04. The summed E-state index contributed by atoms with van der Waals surface area (Å²) in [6.45, 7) is 4.68. The first-order chi connectivity index (χ1) is 15.7. The maximum absolute atomic E-state index is 13.0. The van der Waals surface area contributed by atoms with Crippen LogP contribution in [0, 0.1) is 5.92 Å². The second kappa shape index (κ2) is 9.90. The molecule has 11 heteroatoms. The number of carbonyl (C=O) groups is 1. The van der Waals surface area contributed by atoms with E-state index in [1.54, 1.807) is 30.3 Å². The molecule has 0 spiro atoms. The topological polar surface area (TPSA) is 71.7 Å².